The van der Waals surface area contributed by atoms with Crippen molar-refractivity contribution in [2.75, 3.05) is 26.7 Å². The predicted molar refractivity (Wildman–Crippen MR) is 95.3 cm³/mol. The van der Waals surface area contributed by atoms with E-state index in [-0.39, 0.29) is 24.2 Å². The number of hydrazine groups is 1. The van der Waals surface area contributed by atoms with Gasteiger partial charge in [0.2, 0.25) is 18.2 Å². The first-order valence-corrected chi connectivity index (χ1v) is 8.98. The Hall–Kier alpha value is -2.22. The van der Waals surface area contributed by atoms with E-state index < -0.39 is 12.1 Å². The van der Waals surface area contributed by atoms with Crippen molar-refractivity contribution in [1.82, 2.24) is 20.2 Å². The molecule has 0 aromatic heterocycles. The molecule has 3 amide bonds. The average Bonchev–Trinajstić information content (AvgIpc) is 2.84. The summed E-state index contributed by atoms with van der Waals surface area (Å²) in [4.78, 5) is 37.7. The zero-order valence-corrected chi connectivity index (χ0v) is 15.6. The van der Waals surface area contributed by atoms with Crippen molar-refractivity contribution in [3.63, 3.8) is 0 Å². The number of halogens is 1. The number of nitrogens with one attached hydrogen (secondary N) is 1. The third kappa shape index (κ3) is 4.49. The van der Waals surface area contributed by atoms with E-state index in [0.717, 1.165) is 12.0 Å². The molecule has 0 aromatic rings. The lowest BCUT2D eigenvalue weighted by atomic mass is 10.1. The number of hydrogen-bond acceptors (Lipinski definition) is 4. The second-order valence-corrected chi connectivity index (χ2v) is 6.59. The molecule has 0 spiro atoms. The van der Waals surface area contributed by atoms with E-state index in [1.165, 1.54) is 16.1 Å². The summed E-state index contributed by atoms with van der Waals surface area (Å²) < 4.78 is 13.3. The molecular weight excluding hydrogens is 339 g/mol. The van der Waals surface area contributed by atoms with Gasteiger partial charge in [-0.15, -0.1) is 0 Å². The van der Waals surface area contributed by atoms with Crippen LogP contribution in [-0.2, 0) is 14.4 Å². The monoisotopic (exact) mass is 366 g/mol. The maximum absolute atomic E-state index is 13.3. The van der Waals surface area contributed by atoms with Crippen LogP contribution in [0.25, 0.3) is 0 Å². The summed E-state index contributed by atoms with van der Waals surface area (Å²) in [7, 11) is 1.65. The molecule has 0 saturated carbocycles. The molecule has 2 aliphatic rings. The van der Waals surface area contributed by atoms with Crippen molar-refractivity contribution in [2.45, 2.75) is 45.2 Å². The second kappa shape index (κ2) is 8.93. The zero-order chi connectivity index (χ0) is 19.3. The Bertz CT molecular complexity index is 620. The number of carbonyl (C=O) groups excluding carboxylic acids is 3. The van der Waals surface area contributed by atoms with Crippen LogP contribution in [0.4, 0.5) is 4.39 Å². The molecule has 2 heterocycles. The smallest absolute Gasteiger partial charge is 0.247 e. The lowest BCUT2D eigenvalue weighted by Gasteiger charge is -2.31. The number of amides is 3. The highest BCUT2D eigenvalue weighted by molar-refractivity contribution is 5.91. The van der Waals surface area contributed by atoms with Crippen LogP contribution in [0.2, 0.25) is 0 Å². The minimum Gasteiger partial charge on any atom is -0.341 e. The van der Waals surface area contributed by atoms with Crippen LogP contribution in [0, 0.1) is 0 Å². The standard InChI is InChI=1S/C18H27FN4O3/c1-4-13(6-7-14(19)5-2)8-9-22-10-15-17(18(22)26)20-16(25)11-21(3)23(15)12-24/h6-7,12,15,17H,4-5,8-11H2,1-3H3,(H,20,25)/b13-6+,14-7+. The van der Waals surface area contributed by atoms with E-state index >= 15 is 0 Å². The molecule has 144 valence electrons. The van der Waals surface area contributed by atoms with Gasteiger partial charge >= 0.3 is 0 Å². The van der Waals surface area contributed by atoms with Gasteiger partial charge in [0.25, 0.3) is 0 Å². The van der Waals surface area contributed by atoms with Crippen molar-refractivity contribution in [1.29, 1.82) is 0 Å². The summed E-state index contributed by atoms with van der Waals surface area (Å²) in [5.74, 6) is -0.643. The van der Waals surface area contributed by atoms with Gasteiger partial charge in [-0.05, 0) is 25.3 Å². The molecule has 26 heavy (non-hydrogen) atoms. The fourth-order valence-electron chi connectivity index (χ4n) is 3.28. The normalized spacial score (nSPS) is 25.2. The Kier molecular flexibility index (Phi) is 6.90. The van der Waals surface area contributed by atoms with Gasteiger partial charge in [0.15, 0.2) is 0 Å². The largest absolute Gasteiger partial charge is 0.341 e. The molecule has 2 atom stereocenters. The topological polar surface area (TPSA) is 73.0 Å². The van der Waals surface area contributed by atoms with Crippen molar-refractivity contribution in [3.8, 4) is 0 Å². The van der Waals surface area contributed by atoms with Gasteiger partial charge in [-0.2, -0.15) is 0 Å². The molecule has 1 N–H and O–H groups in total. The minimum absolute atomic E-state index is 0.0388. The first kappa shape index (κ1) is 20.1. The van der Waals surface area contributed by atoms with Crippen molar-refractivity contribution >= 4 is 18.2 Å². The molecule has 2 aliphatic heterocycles. The molecule has 2 fully saturated rings. The summed E-state index contributed by atoms with van der Waals surface area (Å²) >= 11 is 0. The summed E-state index contributed by atoms with van der Waals surface area (Å²) in [5.41, 5.74) is 1.04. The third-order valence-electron chi connectivity index (χ3n) is 4.90. The predicted octanol–water partition coefficient (Wildman–Crippen LogP) is 0.991. The number of fused-ring (bicyclic) bond motifs is 1. The number of likely N-dealkylation sites (tertiary alicyclic amines) is 1. The minimum atomic E-state index is -0.718. The Labute approximate surface area is 153 Å². The summed E-state index contributed by atoms with van der Waals surface area (Å²) in [6.45, 7) is 4.62. The fraction of sp³-hybridized carbons (Fsp3) is 0.611. The number of carbonyl (C=O) groups is 3. The SMILES string of the molecule is CC/C(F)=C\C=C(/CC)CCN1CC2C(NC(=O)CN(C)N2C=O)C1=O. The Balaban J connectivity index is 2.07. The van der Waals surface area contributed by atoms with Gasteiger partial charge < -0.3 is 10.2 Å². The van der Waals surface area contributed by atoms with Gasteiger partial charge in [0.1, 0.15) is 6.04 Å². The van der Waals surface area contributed by atoms with Crippen LogP contribution in [0.3, 0.4) is 0 Å². The maximum atomic E-state index is 13.3. The highest BCUT2D eigenvalue weighted by atomic mass is 19.1. The molecule has 0 aliphatic carbocycles. The number of likely N-dealkylation sites (N-methyl/N-ethyl adjacent to an activating group) is 1. The summed E-state index contributed by atoms with van der Waals surface area (Å²) in [6, 6.07) is -1.13. The van der Waals surface area contributed by atoms with E-state index in [1.807, 2.05) is 6.92 Å². The highest BCUT2D eigenvalue weighted by Crippen LogP contribution is 2.22. The van der Waals surface area contributed by atoms with Crippen LogP contribution in [0.1, 0.15) is 33.1 Å². The van der Waals surface area contributed by atoms with Gasteiger partial charge in [-0.25, -0.2) is 9.40 Å². The first-order valence-electron chi connectivity index (χ1n) is 8.98. The molecular formula is C18H27FN4O3. The highest BCUT2D eigenvalue weighted by Gasteiger charge is 2.46. The molecule has 7 nitrogen and oxygen atoms in total. The molecule has 2 unspecified atom stereocenters. The van der Waals surface area contributed by atoms with Gasteiger partial charge in [-0.1, -0.05) is 25.5 Å². The number of allylic oxidation sites excluding steroid dienone is 3. The van der Waals surface area contributed by atoms with E-state index in [0.29, 0.717) is 32.3 Å². The molecule has 8 heteroatoms. The second-order valence-electron chi connectivity index (χ2n) is 6.59. The number of rotatable bonds is 7. The lowest BCUT2D eigenvalue weighted by molar-refractivity contribution is -0.138. The van der Waals surface area contributed by atoms with E-state index in [4.69, 9.17) is 0 Å². The fourth-order valence-corrected chi connectivity index (χ4v) is 3.28. The summed E-state index contributed by atoms with van der Waals surface area (Å²) in [6.07, 6.45) is 5.64. The molecule has 0 aromatic carbocycles. The van der Waals surface area contributed by atoms with E-state index in [9.17, 15) is 18.8 Å². The zero-order valence-electron chi connectivity index (χ0n) is 15.6. The van der Waals surface area contributed by atoms with Crippen LogP contribution in [0.5, 0.6) is 0 Å². The van der Waals surface area contributed by atoms with Crippen LogP contribution in [0.15, 0.2) is 23.6 Å². The van der Waals surface area contributed by atoms with Crippen LogP contribution in [-0.4, -0.2) is 71.9 Å². The molecule has 2 saturated heterocycles. The number of hydrogen-bond donors (Lipinski definition) is 1. The van der Waals surface area contributed by atoms with E-state index in [1.54, 1.807) is 24.9 Å². The van der Waals surface area contributed by atoms with Crippen LogP contribution < -0.4 is 5.32 Å². The van der Waals surface area contributed by atoms with Crippen molar-refractivity contribution in [2.24, 2.45) is 0 Å². The maximum Gasteiger partial charge on any atom is 0.247 e. The van der Waals surface area contributed by atoms with Gasteiger partial charge in [0, 0.05) is 20.1 Å². The van der Waals surface area contributed by atoms with Crippen molar-refractivity contribution < 1.29 is 18.8 Å². The average molecular weight is 366 g/mol. The Morgan fingerprint density at radius 1 is 1.27 bits per heavy atom. The quantitative estimate of drug-likeness (QED) is 0.539. The van der Waals surface area contributed by atoms with Gasteiger partial charge in [-0.3, -0.25) is 19.4 Å². The Morgan fingerprint density at radius 3 is 2.62 bits per heavy atom. The number of nitrogens with zero attached hydrogens (tertiary/aromatic N) is 3. The lowest BCUT2D eigenvalue weighted by Crippen LogP contribution is -2.51. The molecule has 0 bridgehead atoms. The van der Waals surface area contributed by atoms with E-state index in [2.05, 4.69) is 5.32 Å². The molecule has 2 rings (SSSR count). The Morgan fingerprint density at radius 2 is 2.00 bits per heavy atom. The first-order chi connectivity index (χ1) is 12.4. The van der Waals surface area contributed by atoms with Gasteiger partial charge in [0.05, 0.1) is 18.4 Å². The third-order valence-corrected chi connectivity index (χ3v) is 4.90. The molecule has 0 radical (unpaired) electrons. The van der Waals surface area contributed by atoms with Crippen LogP contribution >= 0.6 is 0 Å². The van der Waals surface area contributed by atoms with Crippen molar-refractivity contribution in [3.05, 3.63) is 23.6 Å². The summed E-state index contributed by atoms with van der Waals surface area (Å²) in [5, 5.41) is 5.66.